The first-order valence-corrected chi connectivity index (χ1v) is 8.17. The van der Waals surface area contributed by atoms with Crippen LogP contribution >= 0.6 is 0 Å². The molecule has 2 N–H and O–H groups in total. The quantitative estimate of drug-likeness (QED) is 0.847. The first-order valence-electron chi connectivity index (χ1n) is 6.73. The molecule has 112 valence electrons. The van der Waals surface area contributed by atoms with E-state index in [0.29, 0.717) is 26.2 Å². The Balaban J connectivity index is 2.20. The molecule has 5 nitrogen and oxygen atoms in total. The molecule has 0 aromatic heterocycles. The molecule has 2 rings (SSSR count). The van der Waals surface area contributed by atoms with Crippen LogP contribution in [0, 0.1) is 5.82 Å². The Labute approximate surface area is 119 Å². The van der Waals surface area contributed by atoms with E-state index in [2.05, 4.69) is 11.8 Å². The Kier molecular flexibility index (Phi) is 4.62. The highest BCUT2D eigenvalue weighted by Crippen LogP contribution is 2.26. The number of nitrogens with zero attached hydrogens (tertiary/aromatic N) is 2. The summed E-state index contributed by atoms with van der Waals surface area (Å²) in [7, 11) is -3.86. The molecule has 0 atom stereocenters. The molecule has 1 fully saturated rings. The third-order valence-corrected chi connectivity index (χ3v) is 5.46. The third kappa shape index (κ3) is 2.94. The van der Waals surface area contributed by atoms with E-state index in [9.17, 15) is 12.8 Å². The monoisotopic (exact) mass is 301 g/mol. The van der Waals surface area contributed by atoms with E-state index in [0.717, 1.165) is 19.0 Å². The molecule has 0 spiro atoms. The Bertz CT molecular complexity index is 549. The van der Waals surface area contributed by atoms with Crippen LogP contribution in [0.15, 0.2) is 23.1 Å². The first kappa shape index (κ1) is 15.2. The largest absolute Gasteiger partial charge is 0.398 e. The van der Waals surface area contributed by atoms with E-state index >= 15 is 0 Å². The zero-order valence-corrected chi connectivity index (χ0v) is 12.4. The minimum atomic E-state index is -3.86. The van der Waals surface area contributed by atoms with Crippen LogP contribution in [0.3, 0.4) is 0 Å². The Morgan fingerprint density at radius 2 is 1.90 bits per heavy atom. The lowest BCUT2D eigenvalue weighted by molar-refractivity contribution is 0.188. The van der Waals surface area contributed by atoms with Gasteiger partial charge >= 0.3 is 0 Å². The lowest BCUT2D eigenvalue weighted by Gasteiger charge is -2.33. The maximum atomic E-state index is 13.8. The van der Waals surface area contributed by atoms with Crippen molar-refractivity contribution in [2.75, 3.05) is 38.5 Å². The molecule has 1 aliphatic rings. The molecule has 1 aliphatic heterocycles. The van der Waals surface area contributed by atoms with Gasteiger partial charge in [0.15, 0.2) is 0 Å². The van der Waals surface area contributed by atoms with E-state index < -0.39 is 20.7 Å². The van der Waals surface area contributed by atoms with Gasteiger partial charge in [0.2, 0.25) is 10.0 Å². The van der Waals surface area contributed by atoms with Gasteiger partial charge in [-0.2, -0.15) is 4.31 Å². The number of hydrogen-bond acceptors (Lipinski definition) is 4. The van der Waals surface area contributed by atoms with Gasteiger partial charge in [-0.1, -0.05) is 13.0 Å². The van der Waals surface area contributed by atoms with E-state index in [1.165, 1.54) is 16.4 Å². The average Bonchev–Trinajstić information content (AvgIpc) is 2.39. The number of benzene rings is 1. The number of piperazine rings is 1. The minimum absolute atomic E-state index is 0.0408. The molecule has 0 radical (unpaired) electrons. The van der Waals surface area contributed by atoms with E-state index in [1.54, 1.807) is 0 Å². The van der Waals surface area contributed by atoms with Gasteiger partial charge in [0.05, 0.1) is 5.69 Å². The molecular formula is C13H20FN3O2S. The van der Waals surface area contributed by atoms with E-state index in [-0.39, 0.29) is 5.69 Å². The number of halogens is 1. The van der Waals surface area contributed by atoms with Crippen molar-refractivity contribution in [3.05, 3.63) is 24.0 Å². The molecule has 0 aliphatic carbocycles. The maximum absolute atomic E-state index is 13.8. The second kappa shape index (κ2) is 6.07. The minimum Gasteiger partial charge on any atom is -0.398 e. The summed E-state index contributed by atoms with van der Waals surface area (Å²) in [5, 5.41) is 0. The predicted octanol–water partition coefficient (Wildman–Crippen LogP) is 1.12. The SMILES string of the molecule is CCCN1CCN(S(=O)(=O)c2c(N)cccc2F)CC1. The van der Waals surface area contributed by atoms with Crippen molar-refractivity contribution in [2.45, 2.75) is 18.2 Å². The number of sulfonamides is 1. The van der Waals surface area contributed by atoms with Crippen molar-refractivity contribution in [1.82, 2.24) is 9.21 Å². The standard InChI is InChI=1S/C13H20FN3O2S/c1-2-6-16-7-9-17(10-8-16)20(18,19)13-11(14)4-3-5-12(13)15/h3-5H,2,6-10,15H2,1H3. The number of anilines is 1. The topological polar surface area (TPSA) is 66.6 Å². The van der Waals surface area contributed by atoms with Gasteiger partial charge in [-0.15, -0.1) is 0 Å². The average molecular weight is 301 g/mol. The van der Waals surface area contributed by atoms with Crippen LogP contribution < -0.4 is 5.73 Å². The molecule has 0 saturated carbocycles. The number of nitrogens with two attached hydrogens (primary N) is 1. The molecule has 0 bridgehead atoms. The second-order valence-electron chi connectivity index (χ2n) is 4.90. The normalized spacial score (nSPS) is 18.3. The summed E-state index contributed by atoms with van der Waals surface area (Å²) in [6.45, 7) is 5.12. The smallest absolute Gasteiger partial charge is 0.248 e. The molecule has 0 unspecified atom stereocenters. The lowest BCUT2D eigenvalue weighted by atomic mass is 10.3. The summed E-state index contributed by atoms with van der Waals surface area (Å²) < 4.78 is 40.1. The van der Waals surface area contributed by atoms with Gasteiger partial charge in [0, 0.05) is 26.2 Å². The maximum Gasteiger partial charge on any atom is 0.248 e. The third-order valence-electron chi connectivity index (χ3n) is 3.47. The van der Waals surface area contributed by atoms with Gasteiger partial charge in [0.1, 0.15) is 10.7 Å². The van der Waals surface area contributed by atoms with E-state index in [4.69, 9.17) is 5.73 Å². The first-order chi connectivity index (χ1) is 9.46. The van der Waals surface area contributed by atoms with Gasteiger partial charge in [-0.3, -0.25) is 0 Å². The molecule has 7 heteroatoms. The Morgan fingerprint density at radius 3 is 2.45 bits per heavy atom. The van der Waals surface area contributed by atoms with Gasteiger partial charge in [0.25, 0.3) is 0 Å². The molecule has 1 heterocycles. The Morgan fingerprint density at radius 1 is 1.25 bits per heavy atom. The highest BCUT2D eigenvalue weighted by molar-refractivity contribution is 7.89. The summed E-state index contributed by atoms with van der Waals surface area (Å²) >= 11 is 0. The highest BCUT2D eigenvalue weighted by Gasteiger charge is 2.31. The number of rotatable bonds is 4. The van der Waals surface area contributed by atoms with Crippen molar-refractivity contribution in [2.24, 2.45) is 0 Å². The van der Waals surface area contributed by atoms with Gasteiger partial charge < -0.3 is 10.6 Å². The van der Waals surface area contributed by atoms with Crippen LogP contribution in [0.5, 0.6) is 0 Å². The lowest BCUT2D eigenvalue weighted by Crippen LogP contribution is -2.48. The molecular weight excluding hydrogens is 281 g/mol. The van der Waals surface area contributed by atoms with Crippen LogP contribution in [0.4, 0.5) is 10.1 Å². The predicted molar refractivity (Wildman–Crippen MR) is 76.3 cm³/mol. The Hall–Kier alpha value is -1.18. The summed E-state index contributed by atoms with van der Waals surface area (Å²) in [5.74, 6) is -0.791. The van der Waals surface area contributed by atoms with Crippen molar-refractivity contribution in [3.8, 4) is 0 Å². The van der Waals surface area contributed by atoms with Crippen LogP contribution in [0.1, 0.15) is 13.3 Å². The molecule has 1 aromatic carbocycles. The van der Waals surface area contributed by atoms with Crippen LogP contribution in [-0.4, -0.2) is 50.3 Å². The summed E-state index contributed by atoms with van der Waals surface area (Å²) in [4.78, 5) is 1.81. The fourth-order valence-electron chi connectivity index (χ4n) is 2.44. The zero-order chi connectivity index (χ0) is 14.8. The second-order valence-corrected chi connectivity index (χ2v) is 6.78. The van der Waals surface area contributed by atoms with Gasteiger partial charge in [-0.25, -0.2) is 12.8 Å². The summed E-state index contributed by atoms with van der Waals surface area (Å²) in [5.41, 5.74) is 5.59. The van der Waals surface area contributed by atoms with Crippen molar-refractivity contribution in [1.29, 1.82) is 0 Å². The van der Waals surface area contributed by atoms with Crippen LogP contribution in [0.2, 0.25) is 0 Å². The number of nitrogen functional groups attached to an aromatic ring is 1. The van der Waals surface area contributed by atoms with Crippen LogP contribution in [0.25, 0.3) is 0 Å². The summed E-state index contributed by atoms with van der Waals surface area (Å²) in [6, 6.07) is 3.93. The fourth-order valence-corrected chi connectivity index (χ4v) is 4.02. The highest BCUT2D eigenvalue weighted by atomic mass is 32.2. The number of hydrogen-bond donors (Lipinski definition) is 1. The van der Waals surface area contributed by atoms with Crippen molar-refractivity contribution in [3.63, 3.8) is 0 Å². The van der Waals surface area contributed by atoms with Gasteiger partial charge in [-0.05, 0) is 25.1 Å². The van der Waals surface area contributed by atoms with Crippen molar-refractivity contribution < 1.29 is 12.8 Å². The molecule has 20 heavy (non-hydrogen) atoms. The van der Waals surface area contributed by atoms with Crippen LogP contribution in [-0.2, 0) is 10.0 Å². The fraction of sp³-hybridized carbons (Fsp3) is 0.538. The molecule has 1 saturated heterocycles. The molecule has 0 amide bonds. The zero-order valence-electron chi connectivity index (χ0n) is 11.5. The summed E-state index contributed by atoms with van der Waals surface area (Å²) in [6.07, 6.45) is 1.03. The van der Waals surface area contributed by atoms with E-state index in [1.807, 2.05) is 0 Å². The van der Waals surface area contributed by atoms with Crippen molar-refractivity contribution >= 4 is 15.7 Å². The molecule has 1 aromatic rings.